The number of hydrogen-bond donors (Lipinski definition) is 2. The minimum absolute atomic E-state index is 0.00353. The first-order chi connectivity index (χ1) is 9.74. The lowest BCUT2D eigenvalue weighted by Crippen LogP contribution is -2.43. The van der Waals surface area contributed by atoms with E-state index in [1.165, 1.54) is 4.90 Å². The Morgan fingerprint density at radius 3 is 2.24 bits per heavy atom. The number of carbonyl (C=O) groups is 3. The number of hydrogen-bond acceptors (Lipinski definition) is 3. The number of carboxylic acid groups (broad SMARTS) is 1. The molecule has 0 unspecified atom stereocenters. The number of aliphatic carboxylic acids is 1. The molecule has 2 N–H and O–H groups in total. The smallest absolute Gasteiger partial charge is 0.323 e. The van der Waals surface area contributed by atoms with Crippen molar-refractivity contribution in [3.63, 3.8) is 0 Å². The Bertz CT molecular complexity index is 400. The molecule has 0 aliphatic heterocycles. The van der Waals surface area contributed by atoms with Crippen LogP contribution in [0.2, 0.25) is 0 Å². The van der Waals surface area contributed by atoms with Crippen LogP contribution in [0.25, 0.3) is 0 Å². The van der Waals surface area contributed by atoms with Crippen molar-refractivity contribution in [3.05, 3.63) is 0 Å². The van der Waals surface area contributed by atoms with Crippen molar-refractivity contribution in [3.8, 4) is 0 Å². The minimum atomic E-state index is -0.882. The van der Waals surface area contributed by atoms with Crippen molar-refractivity contribution in [2.24, 2.45) is 11.3 Å². The van der Waals surface area contributed by atoms with Crippen LogP contribution in [0.4, 0.5) is 4.79 Å². The summed E-state index contributed by atoms with van der Waals surface area (Å²) >= 11 is 0. The first-order valence-electron chi connectivity index (χ1n) is 7.51. The second kappa shape index (κ2) is 7.43. The number of amides is 3. The summed E-state index contributed by atoms with van der Waals surface area (Å²) in [4.78, 5) is 36.4. The SMILES string of the molecule is CC(C)CN(C)C(=O)NC(=O)CC1(CC(=O)O)CCCC1. The second-order valence-corrected chi connectivity index (χ2v) is 6.58. The van der Waals surface area contributed by atoms with Gasteiger partial charge >= 0.3 is 12.0 Å². The van der Waals surface area contributed by atoms with E-state index in [1.54, 1.807) is 7.05 Å². The van der Waals surface area contributed by atoms with Gasteiger partial charge in [-0.25, -0.2) is 4.79 Å². The summed E-state index contributed by atoms with van der Waals surface area (Å²) in [5.41, 5.74) is -0.479. The van der Waals surface area contributed by atoms with Crippen molar-refractivity contribution >= 4 is 17.9 Å². The molecule has 21 heavy (non-hydrogen) atoms. The van der Waals surface area contributed by atoms with Crippen LogP contribution in [0, 0.1) is 11.3 Å². The van der Waals surface area contributed by atoms with Gasteiger partial charge in [0.15, 0.2) is 0 Å². The average Bonchev–Trinajstić information content (AvgIpc) is 2.74. The Labute approximate surface area is 125 Å². The third-order valence-electron chi connectivity index (χ3n) is 3.96. The lowest BCUT2D eigenvalue weighted by molar-refractivity contribution is -0.140. The summed E-state index contributed by atoms with van der Waals surface area (Å²) in [5, 5.41) is 11.4. The normalized spacial score (nSPS) is 16.8. The lowest BCUT2D eigenvalue weighted by Gasteiger charge is -2.27. The van der Waals surface area contributed by atoms with Gasteiger partial charge in [0.25, 0.3) is 0 Å². The molecule has 0 aromatic carbocycles. The molecule has 6 nitrogen and oxygen atoms in total. The van der Waals surface area contributed by atoms with E-state index in [0.717, 1.165) is 25.7 Å². The van der Waals surface area contributed by atoms with Crippen molar-refractivity contribution in [1.29, 1.82) is 0 Å². The highest BCUT2D eigenvalue weighted by molar-refractivity contribution is 5.94. The van der Waals surface area contributed by atoms with Crippen LogP contribution in [0.5, 0.6) is 0 Å². The van der Waals surface area contributed by atoms with E-state index in [2.05, 4.69) is 5.32 Å². The predicted octanol–water partition coefficient (Wildman–Crippen LogP) is 2.24. The van der Waals surface area contributed by atoms with Crippen LogP contribution in [0.3, 0.4) is 0 Å². The van der Waals surface area contributed by atoms with E-state index in [9.17, 15) is 14.4 Å². The van der Waals surface area contributed by atoms with Crippen molar-refractivity contribution < 1.29 is 19.5 Å². The fraction of sp³-hybridized carbons (Fsp3) is 0.800. The molecular formula is C15H26N2O4. The van der Waals surface area contributed by atoms with E-state index in [4.69, 9.17) is 5.11 Å². The van der Waals surface area contributed by atoms with Gasteiger partial charge in [-0.15, -0.1) is 0 Å². The van der Waals surface area contributed by atoms with Gasteiger partial charge in [0.1, 0.15) is 0 Å². The predicted molar refractivity (Wildman–Crippen MR) is 78.8 cm³/mol. The highest BCUT2D eigenvalue weighted by Gasteiger charge is 2.38. The number of carboxylic acids is 1. The van der Waals surface area contributed by atoms with Gasteiger partial charge < -0.3 is 10.0 Å². The van der Waals surface area contributed by atoms with Crippen LogP contribution in [-0.4, -0.2) is 41.5 Å². The average molecular weight is 298 g/mol. The molecule has 3 amide bonds. The first-order valence-corrected chi connectivity index (χ1v) is 7.51. The molecule has 0 heterocycles. The van der Waals surface area contributed by atoms with Crippen LogP contribution in [0.1, 0.15) is 52.4 Å². The summed E-state index contributed by atoms with van der Waals surface area (Å²) in [5.74, 6) is -0.934. The minimum Gasteiger partial charge on any atom is -0.481 e. The van der Waals surface area contributed by atoms with E-state index in [-0.39, 0.29) is 18.7 Å². The zero-order valence-corrected chi connectivity index (χ0v) is 13.1. The molecule has 0 aromatic heterocycles. The molecule has 120 valence electrons. The number of carbonyl (C=O) groups excluding carboxylic acids is 2. The molecule has 1 saturated carbocycles. The number of nitrogens with one attached hydrogen (secondary N) is 1. The zero-order valence-electron chi connectivity index (χ0n) is 13.1. The van der Waals surface area contributed by atoms with Crippen LogP contribution >= 0.6 is 0 Å². The Morgan fingerprint density at radius 1 is 1.19 bits per heavy atom. The third-order valence-corrected chi connectivity index (χ3v) is 3.96. The van der Waals surface area contributed by atoms with Crippen molar-refractivity contribution in [2.45, 2.75) is 52.4 Å². The monoisotopic (exact) mass is 298 g/mol. The summed E-state index contributed by atoms with van der Waals surface area (Å²) < 4.78 is 0. The lowest BCUT2D eigenvalue weighted by atomic mass is 9.79. The fourth-order valence-electron chi connectivity index (χ4n) is 3.09. The van der Waals surface area contributed by atoms with Crippen LogP contribution in [0.15, 0.2) is 0 Å². The Kier molecular flexibility index (Phi) is 6.18. The maximum absolute atomic E-state index is 12.0. The quantitative estimate of drug-likeness (QED) is 0.787. The van der Waals surface area contributed by atoms with Crippen molar-refractivity contribution in [1.82, 2.24) is 10.2 Å². The molecule has 0 atom stereocenters. The topological polar surface area (TPSA) is 86.7 Å². The van der Waals surface area contributed by atoms with Crippen LogP contribution < -0.4 is 5.32 Å². The van der Waals surface area contributed by atoms with E-state index >= 15 is 0 Å². The molecule has 0 saturated heterocycles. The van der Waals surface area contributed by atoms with Gasteiger partial charge in [-0.3, -0.25) is 14.9 Å². The number of rotatable bonds is 6. The molecule has 0 radical (unpaired) electrons. The zero-order chi connectivity index (χ0) is 16.0. The Balaban J connectivity index is 2.54. The maximum atomic E-state index is 12.0. The maximum Gasteiger partial charge on any atom is 0.323 e. The van der Waals surface area contributed by atoms with Crippen LogP contribution in [-0.2, 0) is 9.59 Å². The van der Waals surface area contributed by atoms with Gasteiger partial charge in [0, 0.05) is 20.0 Å². The molecule has 6 heteroatoms. The molecule has 0 bridgehead atoms. The molecule has 1 rings (SSSR count). The first kappa shape index (κ1) is 17.5. The molecule has 0 spiro atoms. The molecular weight excluding hydrogens is 272 g/mol. The largest absolute Gasteiger partial charge is 0.481 e. The van der Waals surface area contributed by atoms with Gasteiger partial charge in [-0.2, -0.15) is 0 Å². The summed E-state index contributed by atoms with van der Waals surface area (Å²) in [7, 11) is 1.64. The Morgan fingerprint density at radius 2 is 1.76 bits per heavy atom. The van der Waals surface area contributed by atoms with Gasteiger partial charge in [-0.1, -0.05) is 26.7 Å². The van der Waals surface area contributed by atoms with Crippen molar-refractivity contribution in [2.75, 3.05) is 13.6 Å². The highest BCUT2D eigenvalue weighted by atomic mass is 16.4. The molecule has 1 fully saturated rings. The van der Waals surface area contributed by atoms with E-state index < -0.39 is 17.4 Å². The van der Waals surface area contributed by atoms with E-state index in [1.807, 2.05) is 13.8 Å². The number of nitrogens with zero attached hydrogens (tertiary/aromatic N) is 1. The molecule has 1 aliphatic rings. The highest BCUT2D eigenvalue weighted by Crippen LogP contribution is 2.43. The summed E-state index contributed by atoms with van der Waals surface area (Å²) in [6, 6.07) is -0.419. The summed E-state index contributed by atoms with van der Waals surface area (Å²) in [6.07, 6.45) is 3.48. The molecule has 1 aliphatic carbocycles. The summed E-state index contributed by atoms with van der Waals surface area (Å²) in [6.45, 7) is 4.55. The fourth-order valence-corrected chi connectivity index (χ4v) is 3.09. The standard InChI is InChI=1S/C15H26N2O4/c1-11(2)10-17(3)14(21)16-12(18)8-15(9-13(19)20)6-4-5-7-15/h11H,4-10H2,1-3H3,(H,19,20)(H,16,18,21). The molecule has 0 aromatic rings. The second-order valence-electron chi connectivity index (χ2n) is 6.58. The van der Waals surface area contributed by atoms with Gasteiger partial charge in [0.2, 0.25) is 5.91 Å². The third kappa shape index (κ3) is 5.73. The number of imide groups is 1. The van der Waals surface area contributed by atoms with Gasteiger partial charge in [0.05, 0.1) is 6.42 Å². The van der Waals surface area contributed by atoms with E-state index in [0.29, 0.717) is 12.5 Å². The number of urea groups is 1. The Hall–Kier alpha value is -1.59. The van der Waals surface area contributed by atoms with Gasteiger partial charge in [-0.05, 0) is 24.2 Å².